The van der Waals surface area contributed by atoms with Gasteiger partial charge >= 0.3 is 5.97 Å². The van der Waals surface area contributed by atoms with Crippen LogP contribution >= 0.6 is 0 Å². The first-order valence-corrected chi connectivity index (χ1v) is 7.10. The Hall–Kier alpha value is -0.420. The zero-order chi connectivity index (χ0) is 12.0. The number of ether oxygens (including phenoxy) is 2. The minimum atomic E-state index is -0.880. The van der Waals surface area contributed by atoms with Crippen molar-refractivity contribution in [1.29, 1.82) is 0 Å². The summed E-state index contributed by atoms with van der Waals surface area (Å²) in [5.74, 6) is 0.977. The molecule has 1 fully saturated rings. The van der Waals surface area contributed by atoms with Gasteiger partial charge in [0.2, 0.25) is 0 Å². The maximum Gasteiger partial charge on any atom is 0.306 e. The summed E-state index contributed by atoms with van der Waals surface area (Å²) in [6, 6.07) is 0. The number of methoxy groups -OCH3 is 1. The van der Waals surface area contributed by atoms with Crippen LogP contribution in [0.15, 0.2) is 0 Å². The van der Waals surface area contributed by atoms with E-state index in [9.17, 15) is 9.00 Å². The molecule has 0 bridgehead atoms. The molecule has 5 heteroatoms. The van der Waals surface area contributed by atoms with E-state index in [0.717, 1.165) is 12.8 Å². The minimum Gasteiger partial charge on any atom is -0.469 e. The third-order valence-corrected chi connectivity index (χ3v) is 4.39. The Morgan fingerprint density at radius 3 is 2.62 bits per heavy atom. The predicted molar refractivity (Wildman–Crippen MR) is 62.7 cm³/mol. The second-order valence-electron chi connectivity index (χ2n) is 4.24. The molecule has 1 atom stereocenters. The van der Waals surface area contributed by atoms with E-state index in [1.54, 1.807) is 0 Å². The highest BCUT2D eigenvalue weighted by molar-refractivity contribution is 7.85. The van der Waals surface area contributed by atoms with Gasteiger partial charge in [0.25, 0.3) is 0 Å². The lowest BCUT2D eigenvalue weighted by molar-refractivity contribution is -0.141. The molecule has 0 spiro atoms. The molecule has 0 aromatic carbocycles. The lowest BCUT2D eigenvalue weighted by Gasteiger charge is -2.12. The fourth-order valence-electron chi connectivity index (χ4n) is 1.64. The van der Waals surface area contributed by atoms with Crippen LogP contribution in [0, 0.1) is 5.41 Å². The highest BCUT2D eigenvalue weighted by Gasteiger charge is 2.45. The number of carbonyl (C=O) groups excluding carboxylic acids is 1. The van der Waals surface area contributed by atoms with E-state index in [0.29, 0.717) is 31.1 Å². The molecular weight excluding hydrogens is 228 g/mol. The fraction of sp³-hybridized carbons (Fsp3) is 0.909. The molecule has 0 aromatic heterocycles. The van der Waals surface area contributed by atoms with Crippen LogP contribution in [0.2, 0.25) is 0 Å². The van der Waals surface area contributed by atoms with Gasteiger partial charge in [-0.3, -0.25) is 9.00 Å². The van der Waals surface area contributed by atoms with Crippen molar-refractivity contribution in [3.63, 3.8) is 0 Å². The van der Waals surface area contributed by atoms with Crippen LogP contribution in [0.3, 0.4) is 0 Å². The van der Waals surface area contributed by atoms with Crippen molar-refractivity contribution in [3.8, 4) is 0 Å². The van der Waals surface area contributed by atoms with E-state index >= 15 is 0 Å². The molecule has 1 rings (SSSR count). The van der Waals surface area contributed by atoms with Crippen LogP contribution in [-0.2, 0) is 25.1 Å². The first-order valence-electron chi connectivity index (χ1n) is 5.61. The standard InChI is InChI=1S/C11H20O4S/c1-3-15-6-7-16(13)9-11(4-5-11)8-10(12)14-2/h3-9H2,1-2H3. The molecule has 0 radical (unpaired) electrons. The topological polar surface area (TPSA) is 52.6 Å². The molecule has 94 valence electrons. The monoisotopic (exact) mass is 248 g/mol. The van der Waals surface area contributed by atoms with Crippen molar-refractivity contribution >= 4 is 16.8 Å². The van der Waals surface area contributed by atoms with Gasteiger partial charge in [-0.2, -0.15) is 0 Å². The average molecular weight is 248 g/mol. The van der Waals surface area contributed by atoms with Crippen LogP contribution in [0.5, 0.6) is 0 Å². The Morgan fingerprint density at radius 2 is 2.12 bits per heavy atom. The van der Waals surface area contributed by atoms with Crippen molar-refractivity contribution in [2.75, 3.05) is 31.8 Å². The molecule has 0 aromatic rings. The summed E-state index contributed by atoms with van der Waals surface area (Å²) < 4.78 is 21.5. The molecule has 16 heavy (non-hydrogen) atoms. The molecule has 1 aliphatic carbocycles. The molecule has 0 amide bonds. The van der Waals surface area contributed by atoms with E-state index in [1.165, 1.54) is 7.11 Å². The summed E-state index contributed by atoms with van der Waals surface area (Å²) >= 11 is 0. The number of carbonyl (C=O) groups is 1. The summed E-state index contributed by atoms with van der Waals surface area (Å²) in [4.78, 5) is 11.2. The molecule has 0 saturated heterocycles. The Morgan fingerprint density at radius 1 is 1.44 bits per heavy atom. The van der Waals surface area contributed by atoms with Crippen LogP contribution in [0.25, 0.3) is 0 Å². The molecule has 0 heterocycles. The van der Waals surface area contributed by atoms with E-state index in [4.69, 9.17) is 4.74 Å². The second-order valence-corrected chi connectivity index (χ2v) is 5.81. The Kier molecular flexibility index (Phi) is 5.41. The SMILES string of the molecule is CCOCCS(=O)CC1(CC(=O)OC)CC1. The highest BCUT2D eigenvalue weighted by Crippen LogP contribution is 2.49. The molecule has 4 nitrogen and oxygen atoms in total. The lowest BCUT2D eigenvalue weighted by atomic mass is 10.1. The zero-order valence-corrected chi connectivity index (χ0v) is 10.8. The first-order chi connectivity index (χ1) is 7.62. The molecule has 0 N–H and O–H groups in total. The maximum absolute atomic E-state index is 11.7. The van der Waals surface area contributed by atoms with E-state index in [1.807, 2.05) is 6.92 Å². The van der Waals surface area contributed by atoms with Crippen LogP contribution in [0.1, 0.15) is 26.2 Å². The van der Waals surface area contributed by atoms with Gasteiger partial charge in [0.05, 0.1) is 20.1 Å². The lowest BCUT2D eigenvalue weighted by Crippen LogP contribution is -2.20. The van der Waals surface area contributed by atoms with Crippen molar-refractivity contribution < 1.29 is 18.5 Å². The smallest absolute Gasteiger partial charge is 0.306 e. The van der Waals surface area contributed by atoms with Crippen LogP contribution in [0.4, 0.5) is 0 Å². The quantitative estimate of drug-likeness (QED) is 0.477. The van der Waals surface area contributed by atoms with Crippen LogP contribution < -0.4 is 0 Å². The predicted octanol–water partition coefficient (Wildman–Crippen LogP) is 1.11. The summed E-state index contributed by atoms with van der Waals surface area (Å²) in [6.45, 7) is 3.12. The van der Waals surface area contributed by atoms with Crippen molar-refractivity contribution in [3.05, 3.63) is 0 Å². The van der Waals surface area contributed by atoms with E-state index < -0.39 is 10.8 Å². The van der Waals surface area contributed by atoms with E-state index in [-0.39, 0.29) is 11.4 Å². The first kappa shape index (κ1) is 13.6. The van der Waals surface area contributed by atoms with Crippen molar-refractivity contribution in [1.82, 2.24) is 0 Å². The zero-order valence-electron chi connectivity index (χ0n) is 9.99. The largest absolute Gasteiger partial charge is 0.469 e. The number of hydrogen-bond donors (Lipinski definition) is 0. The summed E-state index contributed by atoms with van der Waals surface area (Å²) in [6.07, 6.45) is 2.38. The van der Waals surface area contributed by atoms with E-state index in [2.05, 4.69) is 4.74 Å². The molecule has 0 aliphatic heterocycles. The van der Waals surface area contributed by atoms with Gasteiger partial charge in [0.1, 0.15) is 0 Å². The highest BCUT2D eigenvalue weighted by atomic mass is 32.2. The molecule has 1 saturated carbocycles. The third kappa shape index (κ3) is 4.61. The van der Waals surface area contributed by atoms with Crippen LogP contribution in [-0.4, -0.2) is 42.0 Å². The number of rotatable bonds is 8. The average Bonchev–Trinajstić information content (AvgIpc) is 2.98. The minimum absolute atomic E-state index is 0.0375. The fourth-order valence-corrected chi connectivity index (χ4v) is 3.16. The van der Waals surface area contributed by atoms with Gasteiger partial charge < -0.3 is 9.47 Å². The maximum atomic E-state index is 11.7. The van der Waals surface area contributed by atoms with Gasteiger partial charge in [-0.15, -0.1) is 0 Å². The number of hydrogen-bond acceptors (Lipinski definition) is 4. The molecular formula is C11H20O4S. The summed E-state index contributed by atoms with van der Waals surface area (Å²) in [5.41, 5.74) is -0.0375. The summed E-state index contributed by atoms with van der Waals surface area (Å²) in [5, 5.41) is 0. The number of esters is 1. The van der Waals surface area contributed by atoms with Crippen molar-refractivity contribution in [2.24, 2.45) is 5.41 Å². The normalized spacial score (nSPS) is 19.1. The molecule has 1 unspecified atom stereocenters. The summed E-state index contributed by atoms with van der Waals surface area (Å²) in [7, 11) is 0.514. The van der Waals surface area contributed by atoms with Gasteiger partial charge in [0.15, 0.2) is 0 Å². The van der Waals surface area contributed by atoms with Gasteiger partial charge in [-0.25, -0.2) is 0 Å². The molecule has 1 aliphatic rings. The van der Waals surface area contributed by atoms with Gasteiger partial charge in [-0.1, -0.05) is 0 Å². The Bertz CT molecular complexity index is 261. The Labute approximate surface area is 99.1 Å². The van der Waals surface area contributed by atoms with Gasteiger partial charge in [-0.05, 0) is 25.2 Å². The second kappa shape index (κ2) is 6.35. The van der Waals surface area contributed by atoms with Crippen molar-refractivity contribution in [2.45, 2.75) is 26.2 Å². The van der Waals surface area contributed by atoms with Gasteiger partial charge in [0, 0.05) is 28.9 Å². The Balaban J connectivity index is 2.25. The third-order valence-electron chi connectivity index (χ3n) is 2.83.